The number of fused-ring (bicyclic) bond motifs is 1. The molecule has 1 amide bonds. The standard InChI is InChI=1S/C24H22FNO4S/c1-5-30-15-8-6-14(7-9-15)24(4)21(28)19-18(13(3)31-22(19)26-23(24)29)16-10-11-17(25)12(2)20(16)27/h6-11,27H,5H2,1-4H3,(H,26,29). The largest absolute Gasteiger partial charge is 0.507 e. The number of aromatic hydroxyl groups is 1. The molecule has 7 heteroatoms. The molecule has 160 valence electrons. The van der Waals surface area contributed by atoms with Gasteiger partial charge in [0.2, 0.25) is 5.91 Å². The van der Waals surface area contributed by atoms with E-state index < -0.39 is 17.1 Å². The molecule has 1 unspecified atom stereocenters. The number of hydrogen-bond donors (Lipinski definition) is 2. The second-order valence-electron chi connectivity index (χ2n) is 7.67. The van der Waals surface area contributed by atoms with Crippen molar-refractivity contribution in [1.82, 2.24) is 0 Å². The van der Waals surface area contributed by atoms with Crippen LogP contribution in [0, 0.1) is 19.7 Å². The lowest BCUT2D eigenvalue weighted by molar-refractivity contribution is -0.119. The first-order valence-electron chi connectivity index (χ1n) is 9.91. The fraction of sp³-hybridized carbons (Fsp3) is 0.250. The third kappa shape index (κ3) is 3.11. The van der Waals surface area contributed by atoms with Crippen LogP contribution in [0.25, 0.3) is 11.1 Å². The second kappa shape index (κ2) is 7.50. The van der Waals surface area contributed by atoms with Crippen LogP contribution in [0.5, 0.6) is 11.5 Å². The molecular weight excluding hydrogens is 417 g/mol. The van der Waals surface area contributed by atoms with Gasteiger partial charge in [-0.2, -0.15) is 0 Å². The van der Waals surface area contributed by atoms with E-state index in [1.807, 2.05) is 13.8 Å². The molecule has 0 radical (unpaired) electrons. The Bertz CT molecular complexity index is 1220. The summed E-state index contributed by atoms with van der Waals surface area (Å²) in [7, 11) is 0. The van der Waals surface area contributed by atoms with Crippen molar-refractivity contribution >= 4 is 28.0 Å². The van der Waals surface area contributed by atoms with E-state index in [1.165, 1.54) is 30.4 Å². The summed E-state index contributed by atoms with van der Waals surface area (Å²) in [4.78, 5) is 27.6. The van der Waals surface area contributed by atoms with Gasteiger partial charge in [-0.25, -0.2) is 4.39 Å². The van der Waals surface area contributed by atoms with Gasteiger partial charge in [0.15, 0.2) is 5.78 Å². The Labute approximate surface area is 183 Å². The fourth-order valence-corrected chi connectivity index (χ4v) is 5.01. The summed E-state index contributed by atoms with van der Waals surface area (Å²) >= 11 is 1.27. The smallest absolute Gasteiger partial charge is 0.243 e. The maximum Gasteiger partial charge on any atom is 0.243 e. The molecule has 2 aromatic carbocycles. The second-order valence-corrected chi connectivity index (χ2v) is 8.90. The van der Waals surface area contributed by atoms with Gasteiger partial charge >= 0.3 is 0 Å². The number of rotatable bonds is 4. The highest BCUT2D eigenvalue weighted by atomic mass is 32.1. The van der Waals surface area contributed by atoms with E-state index in [9.17, 15) is 19.1 Å². The number of benzene rings is 2. The van der Waals surface area contributed by atoms with Crippen LogP contribution in [-0.4, -0.2) is 23.4 Å². The molecule has 0 aliphatic carbocycles. The summed E-state index contributed by atoms with van der Waals surface area (Å²) in [5.74, 6) is -0.867. The lowest BCUT2D eigenvalue weighted by atomic mass is 9.72. The molecule has 0 saturated carbocycles. The number of aryl methyl sites for hydroxylation is 1. The maximum absolute atomic E-state index is 13.9. The monoisotopic (exact) mass is 439 g/mol. The lowest BCUT2D eigenvalue weighted by Gasteiger charge is -2.32. The number of halogens is 1. The molecule has 1 aliphatic rings. The number of phenolic OH excluding ortho intramolecular Hbond substituents is 1. The highest BCUT2D eigenvalue weighted by molar-refractivity contribution is 7.17. The number of ketones is 1. The van der Waals surface area contributed by atoms with Crippen molar-refractivity contribution in [1.29, 1.82) is 0 Å². The van der Waals surface area contributed by atoms with Gasteiger partial charge in [-0.3, -0.25) is 9.59 Å². The summed E-state index contributed by atoms with van der Waals surface area (Å²) in [6.07, 6.45) is 0. The Balaban J connectivity index is 1.88. The predicted molar refractivity (Wildman–Crippen MR) is 119 cm³/mol. The van der Waals surface area contributed by atoms with E-state index in [-0.39, 0.29) is 17.1 Å². The van der Waals surface area contributed by atoms with Crippen LogP contribution < -0.4 is 10.1 Å². The molecule has 0 bridgehead atoms. The van der Waals surface area contributed by atoms with Gasteiger partial charge in [0, 0.05) is 21.6 Å². The number of Topliss-reactive ketones (excluding diaryl/α,β-unsaturated/α-hetero) is 1. The van der Waals surface area contributed by atoms with Crippen LogP contribution in [0.2, 0.25) is 0 Å². The molecule has 2 N–H and O–H groups in total. The molecule has 1 aromatic heterocycles. The molecular formula is C24H22FNO4S. The zero-order chi connectivity index (χ0) is 22.5. The number of carbonyl (C=O) groups excluding carboxylic acids is 2. The van der Waals surface area contributed by atoms with Gasteiger partial charge < -0.3 is 15.2 Å². The van der Waals surface area contributed by atoms with Gasteiger partial charge in [0.05, 0.1) is 12.2 Å². The summed E-state index contributed by atoms with van der Waals surface area (Å²) < 4.78 is 19.4. The molecule has 1 atom stereocenters. The van der Waals surface area contributed by atoms with Crippen LogP contribution >= 0.6 is 11.3 Å². The van der Waals surface area contributed by atoms with Crippen molar-refractivity contribution in [2.75, 3.05) is 11.9 Å². The number of phenols is 1. The van der Waals surface area contributed by atoms with Crippen LogP contribution in [0.1, 0.15) is 40.2 Å². The molecule has 5 nitrogen and oxygen atoms in total. The number of hydrogen-bond acceptors (Lipinski definition) is 5. The van der Waals surface area contributed by atoms with E-state index in [0.29, 0.717) is 39.6 Å². The molecule has 0 saturated heterocycles. The van der Waals surface area contributed by atoms with Crippen LogP contribution in [0.4, 0.5) is 9.39 Å². The van der Waals surface area contributed by atoms with Crippen molar-refractivity contribution in [2.45, 2.75) is 33.1 Å². The average molecular weight is 440 g/mol. The highest BCUT2D eigenvalue weighted by Crippen LogP contribution is 2.49. The number of anilines is 1. The molecule has 1 aliphatic heterocycles. The average Bonchev–Trinajstić information content (AvgIpc) is 3.07. The first-order valence-corrected chi connectivity index (χ1v) is 10.7. The Morgan fingerprint density at radius 2 is 1.77 bits per heavy atom. The predicted octanol–water partition coefficient (Wildman–Crippen LogP) is 5.37. The number of amides is 1. The number of nitrogens with one attached hydrogen (secondary N) is 1. The van der Waals surface area contributed by atoms with Crippen molar-refractivity contribution < 1.29 is 23.8 Å². The van der Waals surface area contributed by atoms with Gasteiger partial charge in [0.25, 0.3) is 0 Å². The molecule has 3 aromatic rings. The Morgan fingerprint density at radius 3 is 2.42 bits per heavy atom. The molecule has 31 heavy (non-hydrogen) atoms. The third-order valence-electron chi connectivity index (χ3n) is 5.82. The van der Waals surface area contributed by atoms with E-state index >= 15 is 0 Å². The minimum Gasteiger partial charge on any atom is -0.507 e. The lowest BCUT2D eigenvalue weighted by Crippen LogP contribution is -2.48. The summed E-state index contributed by atoms with van der Waals surface area (Å²) in [6, 6.07) is 9.62. The number of thiophene rings is 1. The van der Waals surface area contributed by atoms with Crippen LogP contribution in [0.3, 0.4) is 0 Å². The van der Waals surface area contributed by atoms with Crippen molar-refractivity contribution in [2.24, 2.45) is 0 Å². The summed E-state index contributed by atoms with van der Waals surface area (Å²) in [6.45, 7) is 7.27. The Kier molecular flexibility index (Phi) is 5.09. The molecule has 0 spiro atoms. The van der Waals surface area contributed by atoms with Crippen molar-refractivity contribution in [3.8, 4) is 22.6 Å². The van der Waals surface area contributed by atoms with Gasteiger partial charge in [-0.05, 0) is 57.5 Å². The van der Waals surface area contributed by atoms with Gasteiger partial charge in [0.1, 0.15) is 27.7 Å². The van der Waals surface area contributed by atoms with Crippen LogP contribution in [-0.2, 0) is 10.2 Å². The zero-order valence-electron chi connectivity index (χ0n) is 17.6. The molecule has 2 heterocycles. The first kappa shape index (κ1) is 21.1. The van der Waals surface area contributed by atoms with E-state index in [4.69, 9.17) is 4.74 Å². The minimum atomic E-state index is -1.45. The summed E-state index contributed by atoms with van der Waals surface area (Å²) in [5, 5.41) is 13.9. The quantitative estimate of drug-likeness (QED) is 0.536. The molecule has 4 rings (SSSR count). The van der Waals surface area contributed by atoms with E-state index in [1.54, 1.807) is 31.2 Å². The Hall–Kier alpha value is -3.19. The SMILES string of the molecule is CCOc1ccc(C2(C)C(=O)Nc3sc(C)c(-c4ccc(F)c(C)c4O)c3C2=O)cc1. The normalized spacial score (nSPS) is 18.0. The molecule has 0 fully saturated rings. The summed E-state index contributed by atoms with van der Waals surface area (Å²) in [5.41, 5.74) is 0.414. The van der Waals surface area contributed by atoms with Crippen LogP contribution in [0.15, 0.2) is 36.4 Å². The number of carbonyl (C=O) groups is 2. The third-order valence-corrected chi connectivity index (χ3v) is 6.84. The minimum absolute atomic E-state index is 0.110. The van der Waals surface area contributed by atoms with E-state index in [2.05, 4.69) is 5.32 Å². The van der Waals surface area contributed by atoms with Crippen molar-refractivity contribution in [3.63, 3.8) is 0 Å². The zero-order valence-corrected chi connectivity index (χ0v) is 18.4. The number of ether oxygens (including phenoxy) is 1. The van der Waals surface area contributed by atoms with Crippen molar-refractivity contribution in [3.05, 3.63) is 63.8 Å². The maximum atomic E-state index is 13.9. The van der Waals surface area contributed by atoms with Gasteiger partial charge in [-0.1, -0.05) is 12.1 Å². The fourth-order valence-electron chi connectivity index (χ4n) is 3.95. The topological polar surface area (TPSA) is 75.6 Å². The van der Waals surface area contributed by atoms with Gasteiger partial charge in [-0.15, -0.1) is 11.3 Å². The van der Waals surface area contributed by atoms with E-state index in [0.717, 1.165) is 4.88 Å². The Morgan fingerprint density at radius 1 is 1.10 bits per heavy atom. The first-order chi connectivity index (χ1) is 14.7. The highest BCUT2D eigenvalue weighted by Gasteiger charge is 2.49.